The molecule has 10 heteroatoms. The molecule has 46 heavy (non-hydrogen) atoms. The molecule has 3 aromatic rings. The first-order chi connectivity index (χ1) is 21.8. The van der Waals surface area contributed by atoms with Crippen LogP contribution in [0.2, 0.25) is 16.6 Å². The van der Waals surface area contributed by atoms with Crippen molar-refractivity contribution >= 4 is 46.3 Å². The topological polar surface area (TPSA) is 97.2 Å². The van der Waals surface area contributed by atoms with E-state index in [0.717, 1.165) is 61.8 Å². The second-order valence-corrected chi connectivity index (χ2v) is 22.2. The highest BCUT2D eigenvalue weighted by molar-refractivity contribution is 7.90. The zero-order valence-electron chi connectivity index (χ0n) is 28.6. The molecule has 1 aliphatic carbocycles. The number of nitrogens with zero attached hydrogens (tertiary/aromatic N) is 4. The van der Waals surface area contributed by atoms with E-state index in [0.29, 0.717) is 40.3 Å². The Morgan fingerprint density at radius 1 is 1.00 bits per heavy atom. The van der Waals surface area contributed by atoms with Gasteiger partial charge < -0.3 is 10.2 Å². The normalized spacial score (nSPS) is 18.0. The van der Waals surface area contributed by atoms with E-state index in [-0.39, 0.29) is 23.3 Å². The van der Waals surface area contributed by atoms with Gasteiger partial charge in [-0.2, -0.15) is 4.98 Å². The Hall–Kier alpha value is -3.16. The van der Waals surface area contributed by atoms with Gasteiger partial charge in [-0.15, -0.1) is 5.54 Å². The van der Waals surface area contributed by atoms with Crippen molar-refractivity contribution in [1.82, 2.24) is 14.5 Å². The van der Waals surface area contributed by atoms with Gasteiger partial charge in [-0.1, -0.05) is 72.4 Å². The third-order valence-corrected chi connectivity index (χ3v) is 17.7. The number of benzene rings is 1. The summed E-state index contributed by atoms with van der Waals surface area (Å²) in [5.74, 6) is 4.24. The van der Waals surface area contributed by atoms with Gasteiger partial charge in [0.25, 0.3) is 5.56 Å². The van der Waals surface area contributed by atoms with E-state index in [2.05, 4.69) is 69.3 Å². The van der Waals surface area contributed by atoms with Gasteiger partial charge in [-0.05, 0) is 60.4 Å². The molecule has 1 atom stereocenters. The first-order valence-electron chi connectivity index (χ1n) is 17.0. The number of fused-ring (bicyclic) bond motifs is 1. The number of para-hydroxylation sites is 2. The first kappa shape index (κ1) is 34.2. The van der Waals surface area contributed by atoms with Gasteiger partial charge in [-0.3, -0.25) is 9.36 Å². The minimum absolute atomic E-state index is 0.0510. The SMILES string of the molecule is CC(C)[Si](C#Cc1cc(=O)n(C2CCCC2)c2nc(Nc3ccccc3N3CCCC(CS(C)(=O)=O)C3)ncc12)(C(C)C)C(C)C. The molecule has 0 bridgehead atoms. The van der Waals surface area contributed by atoms with E-state index in [1.54, 1.807) is 6.07 Å². The fourth-order valence-corrected chi connectivity index (χ4v) is 14.6. The van der Waals surface area contributed by atoms with Gasteiger partial charge in [0.1, 0.15) is 23.6 Å². The zero-order valence-corrected chi connectivity index (χ0v) is 30.5. The molecule has 1 saturated heterocycles. The molecule has 1 aliphatic heterocycles. The number of pyridine rings is 1. The summed E-state index contributed by atoms with van der Waals surface area (Å²) in [5, 5.41) is 4.27. The second kappa shape index (κ2) is 13.9. The van der Waals surface area contributed by atoms with E-state index in [1.165, 1.54) is 6.26 Å². The molecule has 2 aromatic heterocycles. The standard InChI is InChI=1S/C36H51N5O3SSi/c1-25(2)46(26(3)4,27(5)6)20-18-29-21-34(42)41(30-14-8-9-15-30)35-31(29)22-37-36(39-35)38-32-16-10-11-17-33(32)40-19-12-13-28(23-40)24-45(7,43)44/h10-11,16-17,21-22,25-28,30H,8-9,12-15,19,23-24H2,1-7H3,(H,37,38,39). The Morgan fingerprint density at radius 2 is 1.67 bits per heavy atom. The van der Waals surface area contributed by atoms with E-state index in [9.17, 15) is 13.2 Å². The largest absolute Gasteiger partial charge is 0.370 e. The van der Waals surface area contributed by atoms with E-state index in [4.69, 9.17) is 9.97 Å². The summed E-state index contributed by atoms with van der Waals surface area (Å²) in [6, 6.07) is 9.86. The van der Waals surface area contributed by atoms with Crippen LogP contribution in [0.25, 0.3) is 11.0 Å². The van der Waals surface area contributed by atoms with E-state index >= 15 is 0 Å². The van der Waals surface area contributed by atoms with Crippen molar-refractivity contribution in [3.05, 3.63) is 52.4 Å². The first-order valence-corrected chi connectivity index (χ1v) is 21.3. The predicted octanol–water partition coefficient (Wildman–Crippen LogP) is 7.48. The van der Waals surface area contributed by atoms with E-state index < -0.39 is 17.9 Å². The lowest BCUT2D eigenvalue weighted by Gasteiger charge is -2.38. The smallest absolute Gasteiger partial charge is 0.253 e. The van der Waals surface area contributed by atoms with Crippen LogP contribution >= 0.6 is 0 Å². The molecule has 1 aromatic carbocycles. The summed E-state index contributed by atoms with van der Waals surface area (Å²) in [6.45, 7) is 15.3. The molecule has 3 heterocycles. The summed E-state index contributed by atoms with van der Waals surface area (Å²) in [5.41, 5.74) is 8.40. The van der Waals surface area contributed by atoms with Crippen LogP contribution in [0.15, 0.2) is 41.3 Å². The average Bonchev–Trinajstić information content (AvgIpc) is 3.51. The molecule has 1 saturated carbocycles. The third-order valence-electron chi connectivity index (χ3n) is 10.3. The summed E-state index contributed by atoms with van der Waals surface area (Å²) in [7, 11) is -5.07. The van der Waals surface area contributed by atoms with Crippen molar-refractivity contribution < 1.29 is 8.42 Å². The van der Waals surface area contributed by atoms with Crippen LogP contribution in [-0.2, 0) is 9.84 Å². The number of hydrogen-bond acceptors (Lipinski definition) is 7. The Labute approximate surface area is 276 Å². The summed E-state index contributed by atoms with van der Waals surface area (Å²) in [4.78, 5) is 25.9. The maximum atomic E-state index is 13.8. The lowest BCUT2D eigenvalue weighted by Crippen LogP contribution is -2.43. The quantitative estimate of drug-likeness (QED) is 0.188. The molecule has 5 rings (SSSR count). The van der Waals surface area contributed by atoms with Crippen LogP contribution < -0.4 is 15.8 Å². The van der Waals surface area contributed by atoms with Crippen molar-refractivity contribution in [2.75, 3.05) is 35.3 Å². The highest BCUT2D eigenvalue weighted by atomic mass is 32.2. The minimum atomic E-state index is -3.05. The lowest BCUT2D eigenvalue weighted by molar-refractivity contribution is 0.445. The van der Waals surface area contributed by atoms with Gasteiger partial charge >= 0.3 is 0 Å². The number of anilines is 3. The molecular weight excluding hydrogens is 611 g/mol. The van der Waals surface area contributed by atoms with Crippen molar-refractivity contribution in [2.24, 2.45) is 5.92 Å². The monoisotopic (exact) mass is 661 g/mol. The summed E-state index contributed by atoms with van der Waals surface area (Å²) >= 11 is 0. The molecule has 0 radical (unpaired) electrons. The van der Waals surface area contributed by atoms with Crippen LogP contribution in [0.5, 0.6) is 0 Å². The second-order valence-electron chi connectivity index (χ2n) is 14.5. The fraction of sp³-hybridized carbons (Fsp3) is 0.583. The molecule has 2 aliphatic rings. The van der Waals surface area contributed by atoms with Crippen LogP contribution in [0.1, 0.15) is 91.7 Å². The highest BCUT2D eigenvalue weighted by Gasteiger charge is 2.41. The number of nitrogens with one attached hydrogen (secondary N) is 1. The van der Waals surface area contributed by atoms with Crippen LogP contribution in [0.4, 0.5) is 17.3 Å². The maximum Gasteiger partial charge on any atom is 0.253 e. The molecule has 8 nitrogen and oxygen atoms in total. The summed E-state index contributed by atoms with van der Waals surface area (Å²) in [6.07, 6.45) is 9.12. The van der Waals surface area contributed by atoms with Crippen molar-refractivity contribution in [2.45, 2.75) is 103 Å². The van der Waals surface area contributed by atoms with Gasteiger partial charge in [-0.25, -0.2) is 13.4 Å². The Bertz CT molecular complexity index is 1760. The molecular formula is C36H51N5O3SSi. The lowest BCUT2D eigenvalue weighted by atomic mass is 9.99. The third kappa shape index (κ3) is 7.21. The summed E-state index contributed by atoms with van der Waals surface area (Å²) < 4.78 is 25.9. The van der Waals surface area contributed by atoms with E-state index in [1.807, 2.05) is 29.0 Å². The number of aromatic nitrogens is 3. The fourth-order valence-electron chi connectivity index (χ4n) is 8.23. The maximum absolute atomic E-state index is 13.8. The van der Waals surface area contributed by atoms with Crippen molar-refractivity contribution in [1.29, 1.82) is 0 Å². The van der Waals surface area contributed by atoms with Crippen LogP contribution in [0.3, 0.4) is 0 Å². The number of hydrogen-bond donors (Lipinski definition) is 1. The molecule has 2 fully saturated rings. The Kier molecular flexibility index (Phi) is 10.3. The number of piperidine rings is 1. The molecule has 1 N–H and O–H groups in total. The Balaban J connectivity index is 1.56. The molecule has 0 spiro atoms. The molecule has 0 amide bonds. The number of rotatable bonds is 9. The van der Waals surface area contributed by atoms with Crippen LogP contribution in [0, 0.1) is 17.4 Å². The average molecular weight is 662 g/mol. The number of sulfone groups is 1. The molecule has 248 valence electrons. The van der Waals surface area contributed by atoms with Gasteiger partial charge in [0.15, 0.2) is 0 Å². The molecule has 1 unspecified atom stereocenters. The van der Waals surface area contributed by atoms with Crippen molar-refractivity contribution in [3.63, 3.8) is 0 Å². The van der Waals surface area contributed by atoms with Gasteiger partial charge in [0.05, 0.1) is 22.5 Å². The highest BCUT2D eigenvalue weighted by Crippen LogP contribution is 2.41. The minimum Gasteiger partial charge on any atom is -0.370 e. The predicted molar refractivity (Wildman–Crippen MR) is 194 cm³/mol. The van der Waals surface area contributed by atoms with Crippen molar-refractivity contribution in [3.8, 4) is 11.5 Å². The Morgan fingerprint density at radius 3 is 2.33 bits per heavy atom. The van der Waals surface area contributed by atoms with Gasteiger partial charge in [0, 0.05) is 43.2 Å². The van der Waals surface area contributed by atoms with Gasteiger partial charge in [0.2, 0.25) is 5.95 Å². The zero-order chi connectivity index (χ0) is 33.2. The van der Waals surface area contributed by atoms with Crippen LogP contribution in [-0.4, -0.2) is 56.1 Å².